The molecule has 3 aromatic rings. The number of carbonyl (C=O) groups excluding carboxylic acids is 4. The lowest BCUT2D eigenvalue weighted by molar-refractivity contribution is 0.0525. The van der Waals surface area contributed by atoms with Gasteiger partial charge >= 0.3 is 11.9 Å². The molecular weight excluding hydrogens is 456 g/mol. The van der Waals surface area contributed by atoms with E-state index in [1.807, 2.05) is 19.1 Å². The third-order valence-corrected chi connectivity index (χ3v) is 6.22. The molecule has 2 amide bonds. The van der Waals surface area contributed by atoms with Crippen LogP contribution in [-0.2, 0) is 9.47 Å². The van der Waals surface area contributed by atoms with E-state index in [0.29, 0.717) is 22.4 Å². The van der Waals surface area contributed by atoms with Crippen LogP contribution in [0.1, 0.15) is 58.8 Å². The molecule has 0 saturated carbocycles. The number of amides is 2. The second kappa shape index (κ2) is 10.8. The second-order valence-corrected chi connectivity index (χ2v) is 8.29. The van der Waals surface area contributed by atoms with Crippen LogP contribution in [0.4, 0.5) is 10.7 Å². The summed E-state index contributed by atoms with van der Waals surface area (Å²) in [6, 6.07) is 13.3. The molecular formula is C25H24N2O6S. The number of thiophene rings is 1. The number of benzene rings is 2. The van der Waals surface area contributed by atoms with Gasteiger partial charge in [-0.15, -0.1) is 11.3 Å². The van der Waals surface area contributed by atoms with Crippen LogP contribution in [0.25, 0.3) is 0 Å². The summed E-state index contributed by atoms with van der Waals surface area (Å²) in [5, 5.41) is 5.71. The van der Waals surface area contributed by atoms with Gasteiger partial charge in [0.2, 0.25) is 0 Å². The van der Waals surface area contributed by atoms with Crippen LogP contribution in [0, 0.1) is 13.8 Å². The normalized spacial score (nSPS) is 10.4. The van der Waals surface area contributed by atoms with Crippen molar-refractivity contribution in [1.29, 1.82) is 0 Å². The molecule has 2 N–H and O–H groups in total. The number of esters is 2. The molecule has 1 aromatic heterocycles. The first-order valence-corrected chi connectivity index (χ1v) is 11.3. The summed E-state index contributed by atoms with van der Waals surface area (Å²) in [4.78, 5) is 50.3. The molecule has 2 aromatic carbocycles. The van der Waals surface area contributed by atoms with Crippen LogP contribution in [0.3, 0.4) is 0 Å². The van der Waals surface area contributed by atoms with E-state index in [4.69, 9.17) is 9.47 Å². The molecule has 0 unspecified atom stereocenters. The first kappa shape index (κ1) is 24.7. The predicted molar refractivity (Wildman–Crippen MR) is 130 cm³/mol. The summed E-state index contributed by atoms with van der Waals surface area (Å²) in [6.45, 7) is 5.41. The van der Waals surface area contributed by atoms with E-state index < -0.39 is 23.8 Å². The average Bonchev–Trinajstić information content (AvgIpc) is 3.15. The smallest absolute Gasteiger partial charge is 0.341 e. The SMILES string of the molecule is CCOC(=O)c1ccc(NC(=O)c2sc(NC(=O)c3ccccc3C)c(C(=O)OC)c2C)cc1. The summed E-state index contributed by atoms with van der Waals surface area (Å²) in [5.41, 5.74) is 2.56. The van der Waals surface area contributed by atoms with Crippen LogP contribution in [0.5, 0.6) is 0 Å². The molecule has 0 radical (unpaired) electrons. The van der Waals surface area contributed by atoms with Gasteiger partial charge in [0.05, 0.1) is 29.7 Å². The molecule has 0 spiro atoms. The first-order valence-electron chi connectivity index (χ1n) is 10.4. The molecule has 0 atom stereocenters. The van der Waals surface area contributed by atoms with Gasteiger partial charge in [-0.2, -0.15) is 0 Å². The van der Waals surface area contributed by atoms with Gasteiger partial charge in [-0.05, 0) is 62.2 Å². The average molecular weight is 481 g/mol. The third-order valence-electron chi connectivity index (χ3n) is 5.01. The number of methoxy groups -OCH3 is 1. The lowest BCUT2D eigenvalue weighted by Crippen LogP contribution is -2.15. The van der Waals surface area contributed by atoms with E-state index in [0.717, 1.165) is 16.9 Å². The zero-order chi connectivity index (χ0) is 24.8. The van der Waals surface area contributed by atoms with Crippen molar-refractivity contribution < 1.29 is 28.7 Å². The van der Waals surface area contributed by atoms with E-state index in [1.165, 1.54) is 7.11 Å². The molecule has 0 saturated heterocycles. The van der Waals surface area contributed by atoms with E-state index in [1.54, 1.807) is 50.2 Å². The van der Waals surface area contributed by atoms with Gasteiger partial charge in [0.15, 0.2) is 0 Å². The second-order valence-electron chi connectivity index (χ2n) is 7.27. The Morgan fingerprint density at radius 3 is 2.18 bits per heavy atom. The van der Waals surface area contributed by atoms with Crippen LogP contribution in [0.2, 0.25) is 0 Å². The molecule has 34 heavy (non-hydrogen) atoms. The maximum absolute atomic E-state index is 13.0. The van der Waals surface area contributed by atoms with Gasteiger partial charge in [-0.1, -0.05) is 18.2 Å². The van der Waals surface area contributed by atoms with Gasteiger partial charge in [-0.3, -0.25) is 9.59 Å². The molecule has 0 aliphatic carbocycles. The number of hydrogen-bond donors (Lipinski definition) is 2. The van der Waals surface area contributed by atoms with Crippen LogP contribution < -0.4 is 10.6 Å². The Bertz CT molecular complexity index is 1250. The van der Waals surface area contributed by atoms with Crippen molar-refractivity contribution in [1.82, 2.24) is 0 Å². The van der Waals surface area contributed by atoms with Crippen molar-refractivity contribution in [3.05, 3.63) is 81.2 Å². The number of rotatable bonds is 7. The van der Waals surface area contributed by atoms with Gasteiger partial charge in [0.1, 0.15) is 5.00 Å². The molecule has 0 fully saturated rings. The Hall–Kier alpha value is -3.98. The zero-order valence-electron chi connectivity index (χ0n) is 19.2. The highest BCUT2D eigenvalue weighted by atomic mass is 32.1. The number of carbonyl (C=O) groups is 4. The lowest BCUT2D eigenvalue weighted by atomic mass is 10.1. The van der Waals surface area contributed by atoms with Gasteiger partial charge < -0.3 is 20.1 Å². The van der Waals surface area contributed by atoms with Gasteiger partial charge in [0.25, 0.3) is 11.8 Å². The zero-order valence-corrected chi connectivity index (χ0v) is 20.0. The van der Waals surface area contributed by atoms with Crippen molar-refractivity contribution in [3.8, 4) is 0 Å². The van der Waals surface area contributed by atoms with Crippen molar-refractivity contribution in [2.45, 2.75) is 20.8 Å². The maximum atomic E-state index is 13.0. The maximum Gasteiger partial charge on any atom is 0.341 e. The van der Waals surface area contributed by atoms with E-state index in [2.05, 4.69) is 10.6 Å². The largest absolute Gasteiger partial charge is 0.465 e. The van der Waals surface area contributed by atoms with Crippen molar-refractivity contribution in [3.63, 3.8) is 0 Å². The van der Waals surface area contributed by atoms with E-state index >= 15 is 0 Å². The number of hydrogen-bond acceptors (Lipinski definition) is 7. The molecule has 176 valence electrons. The molecule has 8 nitrogen and oxygen atoms in total. The van der Waals surface area contributed by atoms with Crippen LogP contribution in [-0.4, -0.2) is 37.5 Å². The fourth-order valence-electron chi connectivity index (χ4n) is 3.26. The highest BCUT2D eigenvalue weighted by Gasteiger charge is 2.27. The fraction of sp³-hybridized carbons (Fsp3) is 0.200. The summed E-state index contributed by atoms with van der Waals surface area (Å²) in [5.74, 6) is -1.98. The lowest BCUT2D eigenvalue weighted by Gasteiger charge is -2.08. The quantitative estimate of drug-likeness (QED) is 0.469. The Morgan fingerprint density at radius 2 is 1.56 bits per heavy atom. The molecule has 0 aliphatic heterocycles. The summed E-state index contributed by atoms with van der Waals surface area (Å²) < 4.78 is 9.83. The monoisotopic (exact) mass is 480 g/mol. The topological polar surface area (TPSA) is 111 Å². The highest BCUT2D eigenvalue weighted by Crippen LogP contribution is 2.34. The van der Waals surface area contributed by atoms with Gasteiger partial charge in [0, 0.05) is 11.3 Å². The fourth-order valence-corrected chi connectivity index (χ4v) is 4.34. The van der Waals surface area contributed by atoms with Crippen molar-refractivity contribution in [2.75, 3.05) is 24.4 Å². The van der Waals surface area contributed by atoms with Crippen molar-refractivity contribution in [2.24, 2.45) is 0 Å². The molecule has 0 aliphatic rings. The van der Waals surface area contributed by atoms with E-state index in [9.17, 15) is 19.2 Å². The Labute approximate surface area is 200 Å². The highest BCUT2D eigenvalue weighted by molar-refractivity contribution is 7.19. The molecule has 1 heterocycles. The minimum Gasteiger partial charge on any atom is -0.465 e. The molecule has 0 bridgehead atoms. The minimum atomic E-state index is -0.660. The molecule has 3 rings (SSSR count). The van der Waals surface area contributed by atoms with Crippen LogP contribution >= 0.6 is 11.3 Å². The first-order chi connectivity index (χ1) is 16.3. The number of aryl methyl sites for hydroxylation is 1. The number of ether oxygens (including phenoxy) is 2. The number of nitrogens with one attached hydrogen (secondary N) is 2. The summed E-state index contributed by atoms with van der Waals surface area (Å²) >= 11 is 0.982. The van der Waals surface area contributed by atoms with Crippen LogP contribution in [0.15, 0.2) is 48.5 Å². The van der Waals surface area contributed by atoms with Gasteiger partial charge in [-0.25, -0.2) is 9.59 Å². The predicted octanol–water partition coefficient (Wildman–Crippen LogP) is 4.83. The van der Waals surface area contributed by atoms with E-state index in [-0.39, 0.29) is 22.0 Å². The Morgan fingerprint density at radius 1 is 0.882 bits per heavy atom. The molecule has 9 heteroatoms. The Kier molecular flexibility index (Phi) is 7.80. The standard InChI is InChI=1S/C25H24N2O6S/c1-5-33-24(30)16-10-12-17(13-11-16)26-22(29)20-15(3)19(25(31)32-4)23(34-20)27-21(28)18-9-7-6-8-14(18)2/h6-13H,5H2,1-4H3,(H,26,29)(H,27,28). The third kappa shape index (κ3) is 5.32. The minimum absolute atomic E-state index is 0.122. The summed E-state index contributed by atoms with van der Waals surface area (Å²) in [6.07, 6.45) is 0. The number of anilines is 2. The Balaban J connectivity index is 1.87. The van der Waals surface area contributed by atoms with Crippen molar-refractivity contribution >= 4 is 45.8 Å². The summed E-state index contributed by atoms with van der Waals surface area (Å²) in [7, 11) is 1.23.